The summed E-state index contributed by atoms with van der Waals surface area (Å²) in [7, 11) is 0. The molecule has 8 nitrogen and oxygen atoms in total. The van der Waals surface area contributed by atoms with Crippen LogP contribution in [0.15, 0.2) is 58.5 Å². The van der Waals surface area contributed by atoms with Crippen LogP contribution in [0.2, 0.25) is 0 Å². The summed E-state index contributed by atoms with van der Waals surface area (Å²) < 4.78 is 8.75. The lowest BCUT2D eigenvalue weighted by atomic mass is 10.2. The number of nitrogens with one attached hydrogen (secondary N) is 2. The fraction of sp³-hybridized carbons (Fsp3) is 0.357. The minimum absolute atomic E-state index is 0.0591. The van der Waals surface area contributed by atoms with E-state index in [1.54, 1.807) is 4.57 Å². The first kappa shape index (κ1) is 26.4. The van der Waals surface area contributed by atoms with Crippen molar-refractivity contribution < 1.29 is 14.3 Å². The van der Waals surface area contributed by atoms with E-state index in [2.05, 4.69) is 10.6 Å². The fourth-order valence-electron chi connectivity index (χ4n) is 4.53. The standard InChI is InChI=1S/C28H30N4O4S2/c1-18-7-4-8-19(15-18)30-24(34)17-37-28-31-25-21-10-2-3-11-22(21)38-26(25)27(35)32(28)13-5-12-23(33)29-16-20-9-6-14-36-20/h2-4,7-8,10-11,15,20H,5-6,9,12-14,16-17H2,1H3,(H,29,33)(H,30,34). The molecule has 0 spiro atoms. The third kappa shape index (κ3) is 6.25. The maximum Gasteiger partial charge on any atom is 0.272 e. The smallest absolute Gasteiger partial charge is 0.272 e. The van der Waals surface area contributed by atoms with Gasteiger partial charge < -0.3 is 15.4 Å². The summed E-state index contributed by atoms with van der Waals surface area (Å²) in [5.74, 6) is -0.128. The molecule has 38 heavy (non-hydrogen) atoms. The van der Waals surface area contributed by atoms with E-state index in [9.17, 15) is 14.4 Å². The number of hydrogen-bond donors (Lipinski definition) is 2. The topological polar surface area (TPSA) is 102 Å². The molecule has 0 radical (unpaired) electrons. The average Bonchev–Trinajstić information content (AvgIpc) is 3.56. The average molecular weight is 551 g/mol. The molecule has 0 aliphatic carbocycles. The molecule has 4 aromatic rings. The zero-order chi connectivity index (χ0) is 26.5. The van der Waals surface area contributed by atoms with Crippen LogP contribution in [0.5, 0.6) is 0 Å². The molecule has 2 aromatic heterocycles. The second-order valence-corrected chi connectivity index (χ2v) is 11.4. The number of fused-ring (bicyclic) bond motifs is 3. The fourth-order valence-corrected chi connectivity index (χ4v) is 6.44. The summed E-state index contributed by atoms with van der Waals surface area (Å²) >= 11 is 2.66. The van der Waals surface area contributed by atoms with Gasteiger partial charge in [0.25, 0.3) is 5.56 Å². The Morgan fingerprint density at radius 1 is 1.18 bits per heavy atom. The Hall–Kier alpha value is -3.21. The number of aromatic nitrogens is 2. The molecule has 1 fully saturated rings. The van der Waals surface area contributed by atoms with Crippen molar-refractivity contribution in [2.75, 3.05) is 24.2 Å². The third-order valence-corrected chi connectivity index (χ3v) is 8.54. The minimum atomic E-state index is -0.176. The zero-order valence-electron chi connectivity index (χ0n) is 21.2. The predicted octanol–water partition coefficient (Wildman–Crippen LogP) is 4.73. The van der Waals surface area contributed by atoms with E-state index < -0.39 is 0 Å². The maximum atomic E-state index is 13.6. The van der Waals surface area contributed by atoms with Crippen molar-refractivity contribution in [2.45, 2.75) is 50.4 Å². The van der Waals surface area contributed by atoms with Crippen LogP contribution in [-0.4, -0.2) is 46.4 Å². The molecular formula is C28H30N4O4S2. The van der Waals surface area contributed by atoms with Crippen molar-refractivity contribution >= 4 is 60.9 Å². The number of carbonyl (C=O) groups excluding carboxylic acids is 2. The SMILES string of the molecule is Cc1cccc(NC(=O)CSc2nc3c(sc4ccccc43)c(=O)n2CCCC(=O)NCC2CCCO2)c1. The lowest BCUT2D eigenvalue weighted by molar-refractivity contribution is -0.121. The molecule has 1 aliphatic heterocycles. The Bertz CT molecular complexity index is 1520. The van der Waals surface area contributed by atoms with Gasteiger partial charge in [-0.3, -0.25) is 19.0 Å². The summed E-state index contributed by atoms with van der Waals surface area (Å²) in [5.41, 5.74) is 2.30. The number of thiophene rings is 1. The zero-order valence-corrected chi connectivity index (χ0v) is 22.8. The van der Waals surface area contributed by atoms with E-state index in [4.69, 9.17) is 9.72 Å². The van der Waals surface area contributed by atoms with Crippen LogP contribution in [-0.2, 0) is 20.9 Å². The lowest BCUT2D eigenvalue weighted by Crippen LogP contribution is -2.32. The van der Waals surface area contributed by atoms with Gasteiger partial charge in [-0.15, -0.1) is 11.3 Å². The van der Waals surface area contributed by atoms with Gasteiger partial charge in [0.15, 0.2) is 5.16 Å². The molecule has 1 aliphatic rings. The van der Waals surface area contributed by atoms with E-state index in [0.29, 0.717) is 41.3 Å². The van der Waals surface area contributed by atoms with Crippen LogP contribution in [0, 0.1) is 6.92 Å². The molecule has 10 heteroatoms. The summed E-state index contributed by atoms with van der Waals surface area (Å²) in [6.45, 7) is 3.58. The molecule has 198 valence electrons. The quantitative estimate of drug-likeness (QED) is 0.219. The van der Waals surface area contributed by atoms with Crippen molar-refractivity contribution in [2.24, 2.45) is 0 Å². The predicted molar refractivity (Wildman–Crippen MR) is 153 cm³/mol. The molecule has 0 saturated carbocycles. The Kier molecular flexibility index (Phi) is 8.41. The first-order valence-corrected chi connectivity index (χ1v) is 14.6. The van der Waals surface area contributed by atoms with E-state index in [0.717, 1.165) is 40.8 Å². The van der Waals surface area contributed by atoms with Crippen molar-refractivity contribution in [3.63, 3.8) is 0 Å². The maximum absolute atomic E-state index is 13.6. The number of benzene rings is 2. The number of rotatable bonds is 10. The normalized spacial score (nSPS) is 15.2. The minimum Gasteiger partial charge on any atom is -0.376 e. The number of nitrogens with zero attached hydrogens (tertiary/aromatic N) is 2. The highest BCUT2D eigenvalue weighted by molar-refractivity contribution is 7.99. The van der Waals surface area contributed by atoms with E-state index in [1.165, 1.54) is 23.1 Å². The molecule has 2 aromatic carbocycles. The van der Waals surface area contributed by atoms with Crippen molar-refractivity contribution in [3.05, 3.63) is 64.4 Å². The summed E-state index contributed by atoms with van der Waals surface area (Å²) in [4.78, 5) is 43.5. The van der Waals surface area contributed by atoms with E-state index >= 15 is 0 Å². The third-order valence-electron chi connectivity index (χ3n) is 6.42. The van der Waals surface area contributed by atoms with Gasteiger partial charge in [-0.2, -0.15) is 0 Å². The first-order valence-electron chi connectivity index (χ1n) is 12.8. The number of ether oxygens (including phenoxy) is 1. The molecule has 2 amide bonds. The second kappa shape index (κ2) is 12.1. The number of aryl methyl sites for hydroxylation is 1. The molecule has 1 unspecified atom stereocenters. The van der Waals surface area contributed by atoms with Crippen molar-refractivity contribution in [1.29, 1.82) is 0 Å². The van der Waals surface area contributed by atoms with E-state index in [1.807, 2.05) is 55.5 Å². The highest BCUT2D eigenvalue weighted by Gasteiger charge is 2.19. The van der Waals surface area contributed by atoms with Crippen molar-refractivity contribution in [1.82, 2.24) is 14.9 Å². The van der Waals surface area contributed by atoms with Gasteiger partial charge in [-0.05, 0) is 49.9 Å². The molecule has 3 heterocycles. The Labute approximate surface area is 228 Å². The number of thioether (sulfide) groups is 1. The Morgan fingerprint density at radius 2 is 2.05 bits per heavy atom. The molecular weight excluding hydrogens is 520 g/mol. The van der Waals surface area contributed by atoms with E-state index in [-0.39, 0.29) is 29.2 Å². The first-order chi connectivity index (χ1) is 18.5. The van der Waals surface area contributed by atoms with Gasteiger partial charge in [-0.1, -0.05) is 42.1 Å². The molecule has 2 N–H and O–H groups in total. The molecule has 1 saturated heterocycles. The van der Waals surface area contributed by atoms with Crippen LogP contribution in [0.3, 0.4) is 0 Å². The molecule has 0 bridgehead atoms. The summed E-state index contributed by atoms with van der Waals surface area (Å²) in [6.07, 6.45) is 2.87. The summed E-state index contributed by atoms with van der Waals surface area (Å²) in [5, 5.41) is 7.24. The Morgan fingerprint density at radius 3 is 2.87 bits per heavy atom. The van der Waals surface area contributed by atoms with Gasteiger partial charge in [0.2, 0.25) is 11.8 Å². The second-order valence-electron chi connectivity index (χ2n) is 9.38. The van der Waals surface area contributed by atoms with Gasteiger partial charge in [0.05, 0.1) is 17.4 Å². The number of anilines is 1. The van der Waals surface area contributed by atoms with Gasteiger partial charge >= 0.3 is 0 Å². The van der Waals surface area contributed by atoms with Crippen LogP contribution >= 0.6 is 23.1 Å². The van der Waals surface area contributed by atoms with Gasteiger partial charge in [-0.25, -0.2) is 4.98 Å². The number of amides is 2. The molecule has 5 rings (SSSR count). The highest BCUT2D eigenvalue weighted by atomic mass is 32.2. The highest BCUT2D eigenvalue weighted by Crippen LogP contribution is 2.32. The van der Waals surface area contributed by atoms with Gasteiger partial charge in [0.1, 0.15) is 4.70 Å². The van der Waals surface area contributed by atoms with Crippen LogP contribution in [0.25, 0.3) is 20.3 Å². The Balaban J connectivity index is 1.32. The number of carbonyl (C=O) groups is 2. The largest absolute Gasteiger partial charge is 0.376 e. The van der Waals surface area contributed by atoms with Crippen molar-refractivity contribution in [3.8, 4) is 0 Å². The molecule has 1 atom stereocenters. The summed E-state index contributed by atoms with van der Waals surface area (Å²) in [6, 6.07) is 15.4. The lowest BCUT2D eigenvalue weighted by Gasteiger charge is -2.13. The van der Waals surface area contributed by atoms with Crippen LogP contribution < -0.4 is 16.2 Å². The van der Waals surface area contributed by atoms with Crippen LogP contribution in [0.1, 0.15) is 31.2 Å². The van der Waals surface area contributed by atoms with Gasteiger partial charge in [0, 0.05) is 41.9 Å². The van der Waals surface area contributed by atoms with Crippen LogP contribution in [0.4, 0.5) is 5.69 Å². The monoisotopic (exact) mass is 550 g/mol. The number of hydrogen-bond acceptors (Lipinski definition) is 7.